The Bertz CT molecular complexity index is 1290. The lowest BCUT2D eigenvalue weighted by atomic mass is 10.0. The minimum Gasteiger partial charge on any atom is -0.497 e. The molecule has 5 rings (SSSR count). The highest BCUT2D eigenvalue weighted by molar-refractivity contribution is 6.07. The van der Waals surface area contributed by atoms with Gasteiger partial charge in [0.05, 0.1) is 23.9 Å². The molecule has 35 heavy (non-hydrogen) atoms. The van der Waals surface area contributed by atoms with Crippen molar-refractivity contribution in [1.82, 2.24) is 10.3 Å². The van der Waals surface area contributed by atoms with E-state index in [2.05, 4.69) is 11.4 Å². The maximum Gasteiger partial charge on any atom is 0.339 e. The Labute approximate surface area is 205 Å². The molecular weight excluding hydrogens is 440 g/mol. The summed E-state index contributed by atoms with van der Waals surface area (Å²) >= 11 is 0. The lowest BCUT2D eigenvalue weighted by Crippen LogP contribution is -2.41. The molecule has 1 heterocycles. The molecule has 6 nitrogen and oxygen atoms in total. The minimum atomic E-state index is -0.860. The van der Waals surface area contributed by atoms with Gasteiger partial charge >= 0.3 is 5.97 Å². The number of benzene rings is 2. The third kappa shape index (κ3) is 4.78. The van der Waals surface area contributed by atoms with E-state index < -0.39 is 12.1 Å². The van der Waals surface area contributed by atoms with Gasteiger partial charge in [-0.1, -0.05) is 43.2 Å². The number of amides is 1. The third-order valence-electron chi connectivity index (χ3n) is 6.96. The van der Waals surface area contributed by atoms with E-state index in [1.807, 2.05) is 48.5 Å². The smallest absolute Gasteiger partial charge is 0.339 e. The molecule has 0 bridgehead atoms. The number of carbonyl (C=O) groups is 2. The number of nitrogens with zero attached hydrogens (tertiary/aromatic N) is 1. The van der Waals surface area contributed by atoms with Gasteiger partial charge in [-0.2, -0.15) is 0 Å². The molecule has 2 aromatic carbocycles. The van der Waals surface area contributed by atoms with E-state index in [0.29, 0.717) is 12.0 Å². The van der Waals surface area contributed by atoms with Gasteiger partial charge in [0.2, 0.25) is 0 Å². The SMILES string of the molecule is COc1ccc(C=C2CCc3c2nc2ccccc2c3C(=O)OC(C)C(=O)NC2CCCC2)cc1. The molecule has 1 amide bonds. The first kappa shape index (κ1) is 23.1. The molecule has 1 atom stereocenters. The first-order valence-electron chi connectivity index (χ1n) is 12.3. The lowest BCUT2D eigenvalue weighted by Gasteiger charge is -2.18. The fraction of sp³-hybridized carbons (Fsp3) is 0.345. The maximum atomic E-state index is 13.4. The van der Waals surface area contributed by atoms with Crippen LogP contribution in [-0.4, -0.2) is 36.1 Å². The third-order valence-corrected chi connectivity index (χ3v) is 6.96. The monoisotopic (exact) mass is 470 g/mol. The van der Waals surface area contributed by atoms with Gasteiger partial charge in [-0.05, 0) is 73.6 Å². The molecule has 0 saturated heterocycles. The number of methoxy groups -OCH3 is 1. The van der Waals surface area contributed by atoms with Gasteiger partial charge in [-0.3, -0.25) is 4.79 Å². The summed E-state index contributed by atoms with van der Waals surface area (Å²) in [7, 11) is 1.65. The molecule has 0 radical (unpaired) electrons. The van der Waals surface area contributed by atoms with E-state index in [-0.39, 0.29) is 11.9 Å². The van der Waals surface area contributed by atoms with Crippen LogP contribution < -0.4 is 10.1 Å². The molecule has 6 heteroatoms. The number of fused-ring (bicyclic) bond motifs is 2. The van der Waals surface area contributed by atoms with E-state index in [1.54, 1.807) is 14.0 Å². The van der Waals surface area contributed by atoms with Gasteiger partial charge in [0.25, 0.3) is 5.91 Å². The van der Waals surface area contributed by atoms with Crippen molar-refractivity contribution in [3.05, 3.63) is 70.9 Å². The fourth-order valence-corrected chi connectivity index (χ4v) is 5.08. The number of pyridine rings is 1. The number of carbonyl (C=O) groups excluding carboxylic acids is 2. The molecule has 180 valence electrons. The van der Waals surface area contributed by atoms with Crippen LogP contribution >= 0.6 is 0 Å². The first-order chi connectivity index (χ1) is 17.0. The number of hydrogen-bond donors (Lipinski definition) is 1. The average molecular weight is 471 g/mol. The van der Waals surface area contributed by atoms with Crippen LogP contribution in [0, 0.1) is 0 Å². The van der Waals surface area contributed by atoms with Gasteiger partial charge in [0.15, 0.2) is 6.10 Å². The minimum absolute atomic E-state index is 0.181. The summed E-state index contributed by atoms with van der Waals surface area (Å²) in [6.07, 6.45) is 6.95. The summed E-state index contributed by atoms with van der Waals surface area (Å²) < 4.78 is 11.0. The summed E-state index contributed by atoms with van der Waals surface area (Å²) in [5, 5.41) is 3.78. The second-order valence-corrected chi connectivity index (χ2v) is 9.31. The van der Waals surface area contributed by atoms with E-state index in [0.717, 1.165) is 71.2 Å². The van der Waals surface area contributed by atoms with Gasteiger partial charge in [-0.25, -0.2) is 9.78 Å². The largest absolute Gasteiger partial charge is 0.497 e. The quantitative estimate of drug-likeness (QED) is 0.493. The van der Waals surface area contributed by atoms with Crippen molar-refractivity contribution in [2.75, 3.05) is 7.11 Å². The zero-order chi connectivity index (χ0) is 24.4. The van der Waals surface area contributed by atoms with Crippen LogP contribution in [0.2, 0.25) is 0 Å². The van der Waals surface area contributed by atoms with Crippen LogP contribution in [0.3, 0.4) is 0 Å². The molecule has 0 spiro atoms. The number of nitrogens with one attached hydrogen (secondary N) is 1. The van der Waals surface area contributed by atoms with Crippen molar-refractivity contribution < 1.29 is 19.1 Å². The van der Waals surface area contributed by atoms with Crippen molar-refractivity contribution in [1.29, 1.82) is 0 Å². The summed E-state index contributed by atoms with van der Waals surface area (Å²) in [5.74, 6) is 0.0965. The molecule has 1 unspecified atom stereocenters. The Hall–Kier alpha value is -3.67. The molecule has 3 aromatic rings. The summed E-state index contributed by atoms with van der Waals surface area (Å²) in [6.45, 7) is 1.64. The number of ether oxygens (including phenoxy) is 2. The topological polar surface area (TPSA) is 77.5 Å². The standard InChI is InChI=1S/C29H30N2O4/c1-18(28(32)30-21-7-3-4-8-21)35-29(33)26-23-9-5-6-10-25(23)31-27-20(13-16-24(26)27)17-19-11-14-22(34-2)15-12-19/h5-6,9-12,14-15,17-18,21H,3-4,7-8,13,16H2,1-2H3,(H,30,32). The average Bonchev–Trinajstić information content (AvgIpc) is 3.53. The van der Waals surface area contributed by atoms with Gasteiger partial charge in [-0.15, -0.1) is 0 Å². The van der Waals surface area contributed by atoms with E-state index in [4.69, 9.17) is 14.5 Å². The zero-order valence-corrected chi connectivity index (χ0v) is 20.2. The predicted molar refractivity (Wildman–Crippen MR) is 136 cm³/mol. The Morgan fingerprint density at radius 1 is 1.06 bits per heavy atom. The normalized spacial score (nSPS) is 17.4. The molecule has 1 saturated carbocycles. The summed E-state index contributed by atoms with van der Waals surface area (Å²) in [4.78, 5) is 31.0. The number of aromatic nitrogens is 1. The Morgan fingerprint density at radius 2 is 1.80 bits per heavy atom. The Balaban J connectivity index is 1.46. The number of para-hydroxylation sites is 1. The zero-order valence-electron chi connectivity index (χ0n) is 20.2. The van der Waals surface area contributed by atoms with Crippen molar-refractivity contribution in [3.8, 4) is 5.75 Å². The van der Waals surface area contributed by atoms with Crippen molar-refractivity contribution in [2.45, 2.75) is 57.6 Å². The van der Waals surface area contributed by atoms with Crippen LogP contribution in [0.15, 0.2) is 48.5 Å². The van der Waals surface area contributed by atoms with Crippen LogP contribution in [0.5, 0.6) is 5.75 Å². The van der Waals surface area contributed by atoms with Crippen molar-refractivity contribution in [2.24, 2.45) is 0 Å². The fourth-order valence-electron chi connectivity index (χ4n) is 5.08. The highest BCUT2D eigenvalue weighted by Gasteiger charge is 2.30. The molecule has 2 aliphatic carbocycles. The second-order valence-electron chi connectivity index (χ2n) is 9.31. The number of rotatable bonds is 6. The molecule has 1 aromatic heterocycles. The highest BCUT2D eigenvalue weighted by atomic mass is 16.5. The molecule has 0 aliphatic heterocycles. The Kier molecular flexibility index (Phi) is 6.53. The number of allylic oxidation sites excluding steroid dienone is 1. The van der Waals surface area contributed by atoms with Crippen LogP contribution in [0.4, 0.5) is 0 Å². The molecule has 2 aliphatic rings. The number of esters is 1. The lowest BCUT2D eigenvalue weighted by molar-refractivity contribution is -0.129. The van der Waals surface area contributed by atoms with Gasteiger partial charge < -0.3 is 14.8 Å². The second kappa shape index (κ2) is 9.90. The van der Waals surface area contributed by atoms with Crippen LogP contribution in [-0.2, 0) is 16.0 Å². The van der Waals surface area contributed by atoms with E-state index in [1.165, 1.54) is 0 Å². The number of hydrogen-bond acceptors (Lipinski definition) is 5. The molecule has 1 N–H and O–H groups in total. The van der Waals surface area contributed by atoms with Gasteiger partial charge in [0.1, 0.15) is 5.75 Å². The summed E-state index contributed by atoms with van der Waals surface area (Å²) in [5.41, 5.74) is 5.10. The molecule has 1 fully saturated rings. The van der Waals surface area contributed by atoms with Crippen LogP contribution in [0.1, 0.15) is 66.2 Å². The van der Waals surface area contributed by atoms with Gasteiger partial charge in [0, 0.05) is 11.4 Å². The van der Waals surface area contributed by atoms with E-state index in [9.17, 15) is 9.59 Å². The van der Waals surface area contributed by atoms with Crippen molar-refractivity contribution >= 4 is 34.4 Å². The van der Waals surface area contributed by atoms with E-state index >= 15 is 0 Å². The predicted octanol–water partition coefficient (Wildman–Crippen LogP) is 5.33. The first-order valence-corrected chi connectivity index (χ1v) is 12.3. The Morgan fingerprint density at radius 3 is 2.54 bits per heavy atom. The maximum absolute atomic E-state index is 13.4. The van der Waals surface area contributed by atoms with Crippen molar-refractivity contribution in [3.63, 3.8) is 0 Å². The highest BCUT2D eigenvalue weighted by Crippen LogP contribution is 2.38. The summed E-state index contributed by atoms with van der Waals surface area (Å²) in [6, 6.07) is 15.7. The van der Waals surface area contributed by atoms with Crippen LogP contribution in [0.25, 0.3) is 22.6 Å². The molecular formula is C29H30N2O4.